The molecule has 0 N–H and O–H groups in total. The van der Waals surface area contributed by atoms with Crippen LogP contribution in [0.3, 0.4) is 0 Å². The molecule has 0 bridgehead atoms. The van der Waals surface area contributed by atoms with Crippen molar-refractivity contribution >= 4 is 21.4 Å². The van der Waals surface area contributed by atoms with Crippen LogP contribution in [0.1, 0.15) is 25.0 Å². The van der Waals surface area contributed by atoms with E-state index in [0.29, 0.717) is 17.8 Å². The van der Waals surface area contributed by atoms with Gasteiger partial charge in [0.2, 0.25) is 5.91 Å². The smallest absolute Gasteiger partial charge is 0.245 e. The fourth-order valence-electron chi connectivity index (χ4n) is 2.49. The van der Waals surface area contributed by atoms with Crippen LogP contribution in [0.5, 0.6) is 0 Å². The van der Waals surface area contributed by atoms with Crippen LogP contribution in [0.15, 0.2) is 54.6 Å². The number of aryl methyl sites for hydroxylation is 1. The fraction of sp³-hybridized carbons (Fsp3) is 0.316. The minimum atomic E-state index is -3.58. The average molecular weight is 345 g/mol. The lowest BCUT2D eigenvalue weighted by Gasteiger charge is -2.24. The number of benzene rings is 2. The van der Waals surface area contributed by atoms with Crippen LogP contribution in [0.2, 0.25) is 0 Å². The van der Waals surface area contributed by atoms with E-state index in [0.717, 1.165) is 5.56 Å². The summed E-state index contributed by atoms with van der Waals surface area (Å²) in [6.07, 6.45) is 0. The molecule has 0 aromatic heterocycles. The van der Waals surface area contributed by atoms with Crippen LogP contribution in [0.25, 0.3) is 0 Å². The summed E-state index contributed by atoms with van der Waals surface area (Å²) in [6, 6.07) is 16.5. The second kappa shape index (κ2) is 7.62. The Morgan fingerprint density at radius 2 is 1.62 bits per heavy atom. The molecule has 0 fully saturated rings. The van der Waals surface area contributed by atoms with E-state index < -0.39 is 21.0 Å². The monoisotopic (exact) mass is 345 g/mol. The lowest BCUT2D eigenvalue weighted by atomic mass is 10.2. The lowest BCUT2D eigenvalue weighted by Crippen LogP contribution is -2.42. The first-order valence-corrected chi connectivity index (χ1v) is 9.70. The van der Waals surface area contributed by atoms with Gasteiger partial charge in [0.25, 0.3) is 0 Å². The van der Waals surface area contributed by atoms with Gasteiger partial charge in [0, 0.05) is 12.2 Å². The molecule has 2 rings (SSSR count). The number of rotatable bonds is 6. The van der Waals surface area contributed by atoms with Crippen molar-refractivity contribution in [3.63, 3.8) is 0 Å². The Balaban J connectivity index is 2.20. The van der Waals surface area contributed by atoms with Gasteiger partial charge in [-0.25, -0.2) is 8.42 Å². The topological polar surface area (TPSA) is 54.5 Å². The highest BCUT2D eigenvalue weighted by atomic mass is 32.2. The van der Waals surface area contributed by atoms with Gasteiger partial charge in [0.05, 0.1) is 5.75 Å². The van der Waals surface area contributed by atoms with Crippen LogP contribution in [-0.2, 0) is 20.4 Å². The van der Waals surface area contributed by atoms with Gasteiger partial charge in [-0.3, -0.25) is 4.79 Å². The molecular weight excluding hydrogens is 322 g/mol. The molecule has 2 aromatic carbocycles. The molecule has 5 heteroatoms. The SMILES string of the molecule is CCN(C(=O)C(C)S(=O)(=O)Cc1ccc(C)cc1)c1ccccc1. The number of anilines is 1. The molecule has 0 spiro atoms. The zero-order chi connectivity index (χ0) is 17.7. The van der Waals surface area contributed by atoms with E-state index in [9.17, 15) is 13.2 Å². The molecule has 24 heavy (non-hydrogen) atoms. The molecule has 4 nitrogen and oxygen atoms in total. The van der Waals surface area contributed by atoms with Crippen LogP contribution in [0.4, 0.5) is 5.69 Å². The first kappa shape index (κ1) is 18.2. The molecule has 0 saturated carbocycles. The molecule has 0 aliphatic carbocycles. The van der Waals surface area contributed by atoms with E-state index in [1.165, 1.54) is 11.8 Å². The molecule has 1 atom stereocenters. The summed E-state index contributed by atoms with van der Waals surface area (Å²) in [4.78, 5) is 14.2. The van der Waals surface area contributed by atoms with Crippen molar-refractivity contribution in [3.05, 3.63) is 65.7 Å². The summed E-state index contributed by atoms with van der Waals surface area (Å²) >= 11 is 0. The largest absolute Gasteiger partial charge is 0.312 e. The van der Waals surface area contributed by atoms with Gasteiger partial charge < -0.3 is 4.90 Å². The summed E-state index contributed by atoms with van der Waals surface area (Å²) in [6.45, 7) is 5.68. The number of amides is 1. The predicted octanol–water partition coefficient (Wildman–Crippen LogP) is 3.35. The average Bonchev–Trinajstić information content (AvgIpc) is 2.57. The Kier molecular flexibility index (Phi) is 5.78. The molecule has 128 valence electrons. The number of hydrogen-bond donors (Lipinski definition) is 0. The summed E-state index contributed by atoms with van der Waals surface area (Å²) in [5, 5.41) is -1.08. The number of carbonyl (C=O) groups is 1. The molecular formula is C19H23NO3S. The Morgan fingerprint density at radius 1 is 1.04 bits per heavy atom. The molecule has 0 heterocycles. The number of carbonyl (C=O) groups excluding carboxylic acids is 1. The Hall–Kier alpha value is -2.14. The third-order valence-corrected chi connectivity index (χ3v) is 6.04. The minimum Gasteiger partial charge on any atom is -0.312 e. The Bertz CT molecular complexity index is 783. The highest BCUT2D eigenvalue weighted by molar-refractivity contribution is 7.92. The summed E-state index contributed by atoms with van der Waals surface area (Å²) in [5.74, 6) is -0.525. The fourth-order valence-corrected chi connectivity index (χ4v) is 3.83. The maximum atomic E-state index is 12.7. The van der Waals surface area contributed by atoms with Crippen molar-refractivity contribution in [1.29, 1.82) is 0 Å². The van der Waals surface area contributed by atoms with Crippen molar-refractivity contribution in [2.75, 3.05) is 11.4 Å². The lowest BCUT2D eigenvalue weighted by molar-refractivity contribution is -0.117. The van der Waals surface area contributed by atoms with Gasteiger partial charge >= 0.3 is 0 Å². The highest BCUT2D eigenvalue weighted by Crippen LogP contribution is 2.19. The van der Waals surface area contributed by atoms with Crippen LogP contribution >= 0.6 is 0 Å². The third kappa shape index (κ3) is 4.23. The second-order valence-electron chi connectivity index (χ2n) is 5.85. The van der Waals surface area contributed by atoms with Crippen molar-refractivity contribution in [1.82, 2.24) is 0 Å². The highest BCUT2D eigenvalue weighted by Gasteiger charge is 2.31. The van der Waals surface area contributed by atoms with Gasteiger partial charge in [-0.15, -0.1) is 0 Å². The van der Waals surface area contributed by atoms with Gasteiger partial charge in [0.1, 0.15) is 5.25 Å². The summed E-state index contributed by atoms with van der Waals surface area (Å²) < 4.78 is 25.3. The Labute approximate surface area is 144 Å². The van der Waals surface area contributed by atoms with Crippen molar-refractivity contribution < 1.29 is 13.2 Å². The first-order valence-electron chi connectivity index (χ1n) is 7.98. The Morgan fingerprint density at radius 3 is 2.17 bits per heavy atom. The van der Waals surface area contributed by atoms with Crippen LogP contribution in [0, 0.1) is 6.92 Å². The number of sulfone groups is 1. The summed E-state index contributed by atoms with van der Waals surface area (Å²) in [5.41, 5.74) is 2.48. The van der Waals surface area contributed by atoms with E-state index in [1.54, 1.807) is 24.3 Å². The van der Waals surface area contributed by atoms with Crippen molar-refractivity contribution in [2.45, 2.75) is 31.8 Å². The van der Waals surface area contributed by atoms with E-state index in [1.807, 2.05) is 44.2 Å². The van der Waals surface area contributed by atoms with E-state index in [-0.39, 0.29) is 5.75 Å². The van der Waals surface area contributed by atoms with Crippen LogP contribution in [-0.4, -0.2) is 26.1 Å². The molecule has 0 aliphatic rings. The zero-order valence-corrected chi connectivity index (χ0v) is 15.1. The number of nitrogens with zero attached hydrogens (tertiary/aromatic N) is 1. The normalized spacial score (nSPS) is 12.6. The van der Waals surface area contributed by atoms with Gasteiger partial charge in [0.15, 0.2) is 9.84 Å². The van der Waals surface area contributed by atoms with Crippen molar-refractivity contribution in [2.24, 2.45) is 0 Å². The van der Waals surface area contributed by atoms with Gasteiger partial charge in [-0.05, 0) is 38.5 Å². The standard InChI is InChI=1S/C19H23NO3S/c1-4-20(18-8-6-5-7-9-18)19(21)16(3)24(22,23)14-17-12-10-15(2)11-13-17/h5-13,16H,4,14H2,1-3H3. The summed E-state index contributed by atoms with van der Waals surface area (Å²) in [7, 11) is -3.58. The minimum absolute atomic E-state index is 0.132. The molecule has 1 amide bonds. The van der Waals surface area contributed by atoms with E-state index in [2.05, 4.69) is 0 Å². The molecule has 0 aliphatic heterocycles. The first-order chi connectivity index (χ1) is 11.3. The van der Waals surface area contributed by atoms with Crippen LogP contribution < -0.4 is 4.90 Å². The number of hydrogen-bond acceptors (Lipinski definition) is 3. The van der Waals surface area contributed by atoms with Gasteiger partial charge in [-0.2, -0.15) is 0 Å². The van der Waals surface area contributed by atoms with Crippen molar-refractivity contribution in [3.8, 4) is 0 Å². The van der Waals surface area contributed by atoms with E-state index >= 15 is 0 Å². The maximum absolute atomic E-state index is 12.7. The van der Waals surface area contributed by atoms with E-state index in [4.69, 9.17) is 0 Å². The molecule has 0 radical (unpaired) electrons. The second-order valence-corrected chi connectivity index (χ2v) is 8.17. The van der Waals surface area contributed by atoms with Gasteiger partial charge in [-0.1, -0.05) is 48.0 Å². The third-order valence-electron chi connectivity index (χ3n) is 4.03. The quantitative estimate of drug-likeness (QED) is 0.807. The number of para-hydroxylation sites is 1. The zero-order valence-electron chi connectivity index (χ0n) is 14.3. The molecule has 2 aromatic rings. The molecule has 0 saturated heterocycles. The predicted molar refractivity (Wildman–Crippen MR) is 97.7 cm³/mol. The maximum Gasteiger partial charge on any atom is 0.245 e. The molecule has 1 unspecified atom stereocenters.